The molecular weight excluding hydrogens is 330 g/mol. The number of ether oxygens (including phenoxy) is 2. The number of methoxy groups -OCH3 is 1. The Morgan fingerprint density at radius 2 is 2.04 bits per heavy atom. The molecule has 1 heterocycles. The standard InChI is InChI=1S/C17H17NO5S/c1-22-13-7-6-11(8-15(13)24(2,20)21)10-23-14-5-3-4-12-9-18-17(19)16(12)14/h3-8H,9-10H2,1-2H3,(H-,18,19,20,21). The van der Waals surface area contributed by atoms with Gasteiger partial charge < -0.3 is 19.3 Å². The molecule has 0 saturated carbocycles. The molecule has 6 nitrogen and oxygen atoms in total. The largest absolute Gasteiger partial charge is 0.610 e. The number of fused-ring (bicyclic) bond motifs is 1. The van der Waals surface area contributed by atoms with Crippen molar-refractivity contribution < 1.29 is 23.0 Å². The lowest BCUT2D eigenvalue weighted by atomic mass is 10.1. The van der Waals surface area contributed by atoms with E-state index >= 15 is 0 Å². The molecule has 1 amide bonds. The zero-order chi connectivity index (χ0) is 17.3. The van der Waals surface area contributed by atoms with Crippen molar-refractivity contribution in [2.75, 3.05) is 13.4 Å². The van der Waals surface area contributed by atoms with E-state index in [9.17, 15) is 13.6 Å². The van der Waals surface area contributed by atoms with E-state index in [1.54, 1.807) is 18.2 Å². The van der Waals surface area contributed by atoms with Gasteiger partial charge in [0.15, 0.2) is 10.6 Å². The number of sulfone groups is 1. The summed E-state index contributed by atoms with van der Waals surface area (Å²) in [5.41, 5.74) is 2.10. The van der Waals surface area contributed by atoms with E-state index in [1.165, 1.54) is 13.2 Å². The molecule has 1 N–H and O–H groups in total. The van der Waals surface area contributed by atoms with E-state index in [0.717, 1.165) is 11.8 Å². The number of nitrogens with one attached hydrogen (secondary N) is 1. The minimum absolute atomic E-state index is 0.113. The first kappa shape index (κ1) is 16.5. The summed E-state index contributed by atoms with van der Waals surface area (Å²) >= 11 is 0. The smallest absolute Gasteiger partial charge is 0.255 e. The number of benzene rings is 2. The van der Waals surface area contributed by atoms with Crippen LogP contribution in [0, 0.1) is 0 Å². The van der Waals surface area contributed by atoms with Gasteiger partial charge in [0.05, 0.1) is 22.9 Å². The maximum absolute atomic E-state index is 11.9. The quantitative estimate of drug-likeness (QED) is 0.837. The third-order valence-electron chi connectivity index (χ3n) is 3.80. The van der Waals surface area contributed by atoms with Crippen LogP contribution in [0.5, 0.6) is 11.5 Å². The highest BCUT2D eigenvalue weighted by molar-refractivity contribution is 7.97. The van der Waals surface area contributed by atoms with E-state index in [0.29, 0.717) is 29.2 Å². The van der Waals surface area contributed by atoms with Crippen LogP contribution in [0.3, 0.4) is 0 Å². The van der Waals surface area contributed by atoms with Crippen molar-refractivity contribution in [3.05, 3.63) is 53.1 Å². The van der Waals surface area contributed by atoms with Crippen LogP contribution in [0.4, 0.5) is 0 Å². The van der Waals surface area contributed by atoms with Crippen molar-refractivity contribution in [3.63, 3.8) is 0 Å². The van der Waals surface area contributed by atoms with Crippen LogP contribution in [0.25, 0.3) is 0 Å². The lowest BCUT2D eigenvalue weighted by molar-refractivity contribution is 0.0962. The van der Waals surface area contributed by atoms with Gasteiger partial charge in [0.25, 0.3) is 5.91 Å². The molecule has 0 saturated heterocycles. The maximum atomic E-state index is 11.9. The Morgan fingerprint density at radius 3 is 2.75 bits per heavy atom. The topological polar surface area (TPSA) is 87.7 Å². The van der Waals surface area contributed by atoms with Crippen molar-refractivity contribution in [1.82, 2.24) is 5.32 Å². The first-order valence-corrected chi connectivity index (χ1v) is 9.19. The molecule has 24 heavy (non-hydrogen) atoms. The zero-order valence-electron chi connectivity index (χ0n) is 13.3. The zero-order valence-corrected chi connectivity index (χ0v) is 14.1. The average Bonchev–Trinajstić information content (AvgIpc) is 2.94. The van der Waals surface area contributed by atoms with E-state index in [4.69, 9.17) is 9.47 Å². The van der Waals surface area contributed by atoms with Gasteiger partial charge in [-0.05, 0) is 23.3 Å². The third-order valence-corrected chi connectivity index (χ3v) is 4.92. The molecule has 2 aromatic carbocycles. The molecule has 2 aromatic rings. The van der Waals surface area contributed by atoms with Crippen LogP contribution in [-0.4, -0.2) is 23.8 Å². The molecule has 0 bridgehead atoms. The molecule has 0 fully saturated rings. The molecule has 126 valence electrons. The van der Waals surface area contributed by atoms with Crippen LogP contribution in [0.15, 0.2) is 41.3 Å². The van der Waals surface area contributed by atoms with E-state index < -0.39 is 10.2 Å². The molecule has 1 aliphatic heterocycles. The van der Waals surface area contributed by atoms with Crippen molar-refractivity contribution in [2.24, 2.45) is 0 Å². The average molecular weight is 347 g/mol. The lowest BCUT2D eigenvalue weighted by Gasteiger charge is -2.14. The molecule has 1 atom stereocenters. The number of hydrogen-bond donors (Lipinski definition) is 1. The van der Waals surface area contributed by atoms with Crippen LogP contribution in [0.2, 0.25) is 0 Å². The summed E-state index contributed by atoms with van der Waals surface area (Å²) in [6.45, 7) is 0.641. The summed E-state index contributed by atoms with van der Waals surface area (Å²) in [5, 5.41) is 2.75. The van der Waals surface area contributed by atoms with Crippen molar-refractivity contribution in [3.8, 4) is 11.5 Å². The molecule has 3 rings (SSSR count). The highest BCUT2D eigenvalue weighted by Crippen LogP contribution is 2.30. The molecule has 0 aliphatic carbocycles. The highest BCUT2D eigenvalue weighted by atomic mass is 32.3. The number of hydrogen-bond acceptors (Lipinski definition) is 5. The second-order valence-electron chi connectivity index (χ2n) is 5.52. The monoisotopic (exact) mass is 347 g/mol. The molecule has 7 heteroatoms. The summed E-state index contributed by atoms with van der Waals surface area (Å²) in [7, 11) is -1.99. The second kappa shape index (κ2) is 6.26. The first-order valence-electron chi connectivity index (χ1n) is 7.30. The highest BCUT2D eigenvalue weighted by Gasteiger charge is 2.24. The number of carbonyl (C=O) groups is 1. The first-order chi connectivity index (χ1) is 11.4. The minimum Gasteiger partial charge on any atom is -0.610 e. The van der Waals surface area contributed by atoms with Gasteiger partial charge in [0, 0.05) is 12.6 Å². The van der Waals surface area contributed by atoms with Gasteiger partial charge >= 0.3 is 0 Å². The Labute approximate surface area is 141 Å². The second-order valence-corrected chi connectivity index (χ2v) is 7.50. The normalized spacial score (nSPS) is 15.4. The van der Waals surface area contributed by atoms with E-state index in [2.05, 4.69) is 5.32 Å². The minimum atomic E-state index is -3.41. The summed E-state index contributed by atoms with van der Waals surface area (Å²) in [5.74, 6) is 0.618. The Bertz CT molecular complexity index is 843. The summed E-state index contributed by atoms with van der Waals surface area (Å²) in [6, 6.07) is 10.3. The van der Waals surface area contributed by atoms with Crippen LogP contribution in [-0.2, 0) is 27.6 Å². The van der Waals surface area contributed by atoms with Gasteiger partial charge in [0.1, 0.15) is 18.6 Å². The molecular formula is C17H17NO5S. The number of rotatable bonds is 5. The van der Waals surface area contributed by atoms with Crippen LogP contribution < -0.4 is 14.8 Å². The Kier molecular flexibility index (Phi) is 4.29. The number of amides is 1. The maximum Gasteiger partial charge on any atom is 0.255 e. The van der Waals surface area contributed by atoms with Crippen molar-refractivity contribution in [1.29, 1.82) is 0 Å². The fourth-order valence-corrected chi connectivity index (χ4v) is 3.51. The van der Waals surface area contributed by atoms with Gasteiger partial charge in [-0.1, -0.05) is 18.2 Å². The van der Waals surface area contributed by atoms with Gasteiger partial charge in [-0.3, -0.25) is 4.79 Å². The van der Waals surface area contributed by atoms with E-state index in [-0.39, 0.29) is 17.4 Å². The van der Waals surface area contributed by atoms with Crippen molar-refractivity contribution in [2.45, 2.75) is 18.0 Å². The van der Waals surface area contributed by atoms with Gasteiger partial charge in [-0.25, -0.2) is 0 Å². The van der Waals surface area contributed by atoms with Gasteiger partial charge in [-0.2, -0.15) is 0 Å². The Morgan fingerprint density at radius 1 is 1.25 bits per heavy atom. The van der Waals surface area contributed by atoms with Gasteiger partial charge in [0.2, 0.25) is 0 Å². The summed E-state index contributed by atoms with van der Waals surface area (Å²) in [6.07, 6.45) is 1.13. The molecule has 0 spiro atoms. The van der Waals surface area contributed by atoms with E-state index in [1.807, 2.05) is 12.1 Å². The molecule has 1 aliphatic rings. The number of carbonyl (C=O) groups excluding carboxylic acids is 1. The molecule has 0 aromatic heterocycles. The van der Waals surface area contributed by atoms with Crippen molar-refractivity contribution >= 4 is 16.1 Å². The predicted octanol–water partition coefficient (Wildman–Crippen LogP) is 2.14. The third kappa shape index (κ3) is 3.13. The summed E-state index contributed by atoms with van der Waals surface area (Å²) in [4.78, 5) is 12.0. The Balaban J connectivity index is 1.85. The Hall–Kier alpha value is -2.38. The van der Waals surface area contributed by atoms with Crippen LogP contribution >= 0.6 is 0 Å². The fraction of sp³-hybridized carbons (Fsp3) is 0.235. The SMILES string of the molecule is COc1ccc(COc2cccc3c2C(=O)NC3)cc1[S+](C)(=O)[O-]. The van der Waals surface area contributed by atoms with Crippen LogP contribution in [0.1, 0.15) is 21.5 Å². The lowest BCUT2D eigenvalue weighted by Crippen LogP contribution is -2.13. The molecule has 1 unspecified atom stereocenters. The fourth-order valence-electron chi connectivity index (χ4n) is 2.63. The predicted molar refractivity (Wildman–Crippen MR) is 88.0 cm³/mol. The summed E-state index contributed by atoms with van der Waals surface area (Å²) < 4.78 is 34.6. The molecule has 0 radical (unpaired) electrons. The van der Waals surface area contributed by atoms with Gasteiger partial charge in [-0.15, -0.1) is 4.21 Å².